The van der Waals surface area contributed by atoms with Crippen molar-refractivity contribution in [2.24, 2.45) is 0 Å². The largest absolute Gasteiger partial charge is 0.469 e. The molecular weight excluding hydrogens is 252 g/mol. The van der Waals surface area contributed by atoms with E-state index in [-0.39, 0.29) is 5.91 Å². The first-order valence-electron chi connectivity index (χ1n) is 7.00. The first-order valence-corrected chi connectivity index (χ1v) is 7.00. The quantitative estimate of drug-likeness (QED) is 0.932. The van der Waals surface area contributed by atoms with Gasteiger partial charge in [0.15, 0.2) is 0 Å². The fourth-order valence-corrected chi connectivity index (χ4v) is 2.52. The molecule has 0 atom stereocenters. The van der Waals surface area contributed by atoms with Crippen LogP contribution in [0.15, 0.2) is 47.1 Å². The zero-order valence-electron chi connectivity index (χ0n) is 11.3. The van der Waals surface area contributed by atoms with Crippen LogP contribution in [0.25, 0.3) is 0 Å². The maximum atomic E-state index is 12.5. The van der Waals surface area contributed by atoms with Crippen LogP contribution in [0.3, 0.4) is 0 Å². The summed E-state index contributed by atoms with van der Waals surface area (Å²) >= 11 is 0. The van der Waals surface area contributed by atoms with Crippen LogP contribution in [0.1, 0.15) is 18.6 Å². The minimum Gasteiger partial charge on any atom is -0.469 e. The van der Waals surface area contributed by atoms with Crippen LogP contribution in [0.5, 0.6) is 0 Å². The molecule has 104 valence electrons. The Morgan fingerprint density at radius 1 is 1.25 bits per heavy atom. The van der Waals surface area contributed by atoms with Gasteiger partial charge in [-0.15, -0.1) is 0 Å². The van der Waals surface area contributed by atoms with Gasteiger partial charge in [-0.25, -0.2) is 0 Å². The van der Waals surface area contributed by atoms with Crippen LogP contribution in [-0.4, -0.2) is 19.0 Å². The first kappa shape index (κ1) is 12.8. The lowest BCUT2D eigenvalue weighted by molar-refractivity contribution is -0.118. The molecule has 1 aliphatic rings. The van der Waals surface area contributed by atoms with Crippen molar-refractivity contribution in [1.82, 2.24) is 0 Å². The maximum absolute atomic E-state index is 12.5. The van der Waals surface area contributed by atoms with Gasteiger partial charge in [0.1, 0.15) is 5.76 Å². The molecule has 0 bridgehead atoms. The molecule has 3 rings (SSSR count). The van der Waals surface area contributed by atoms with Gasteiger partial charge in [-0.3, -0.25) is 4.79 Å². The molecule has 0 fully saturated rings. The van der Waals surface area contributed by atoms with Gasteiger partial charge in [0, 0.05) is 25.9 Å². The molecule has 2 heterocycles. The highest BCUT2D eigenvalue weighted by atomic mass is 16.3. The molecule has 1 amide bonds. The van der Waals surface area contributed by atoms with Gasteiger partial charge >= 0.3 is 0 Å². The lowest BCUT2D eigenvalue weighted by Crippen LogP contribution is -2.31. The number of nitrogens with zero attached hydrogens (tertiary/aromatic N) is 1. The number of carbonyl (C=O) groups excluding carboxylic acids is 1. The SMILES string of the molecule is O=C(CCc1ccco1)N1CCCNc2ccccc21. The molecule has 0 radical (unpaired) electrons. The molecule has 1 aromatic carbocycles. The Balaban J connectivity index is 1.73. The number of nitrogens with one attached hydrogen (secondary N) is 1. The minimum absolute atomic E-state index is 0.151. The number of hydrogen-bond donors (Lipinski definition) is 1. The summed E-state index contributed by atoms with van der Waals surface area (Å²) in [5, 5.41) is 3.37. The number of fused-ring (bicyclic) bond motifs is 1. The summed E-state index contributed by atoms with van der Waals surface area (Å²) in [4.78, 5) is 14.4. The van der Waals surface area contributed by atoms with Crippen LogP contribution in [0.4, 0.5) is 11.4 Å². The number of carbonyl (C=O) groups is 1. The number of rotatable bonds is 3. The molecule has 1 N–H and O–H groups in total. The third kappa shape index (κ3) is 2.69. The van der Waals surface area contributed by atoms with E-state index in [2.05, 4.69) is 5.32 Å². The molecule has 0 unspecified atom stereocenters. The van der Waals surface area contributed by atoms with Crippen molar-refractivity contribution < 1.29 is 9.21 Å². The molecule has 20 heavy (non-hydrogen) atoms. The molecule has 0 saturated heterocycles. The van der Waals surface area contributed by atoms with Gasteiger partial charge in [0.25, 0.3) is 0 Å². The van der Waals surface area contributed by atoms with Crippen molar-refractivity contribution in [3.05, 3.63) is 48.4 Å². The number of benzene rings is 1. The highest BCUT2D eigenvalue weighted by molar-refractivity contribution is 5.97. The van der Waals surface area contributed by atoms with Crippen LogP contribution < -0.4 is 10.2 Å². The summed E-state index contributed by atoms with van der Waals surface area (Å²) in [5.74, 6) is 1.01. The Morgan fingerprint density at radius 2 is 2.15 bits per heavy atom. The number of amides is 1. The molecule has 4 nitrogen and oxygen atoms in total. The van der Waals surface area contributed by atoms with Crippen molar-refractivity contribution in [2.45, 2.75) is 19.3 Å². The van der Waals surface area contributed by atoms with Crippen LogP contribution in [0, 0.1) is 0 Å². The normalized spacial score (nSPS) is 14.3. The molecular formula is C16H18N2O2. The molecule has 0 aliphatic carbocycles. The number of anilines is 2. The predicted molar refractivity (Wildman–Crippen MR) is 78.9 cm³/mol. The van der Waals surface area contributed by atoms with E-state index in [0.717, 1.165) is 36.6 Å². The summed E-state index contributed by atoms with van der Waals surface area (Å²) in [6.07, 6.45) is 3.73. The van der Waals surface area contributed by atoms with E-state index in [9.17, 15) is 4.79 Å². The van der Waals surface area contributed by atoms with E-state index in [4.69, 9.17) is 4.42 Å². The lowest BCUT2D eigenvalue weighted by Gasteiger charge is -2.22. The Kier molecular flexibility index (Phi) is 3.72. The van der Waals surface area contributed by atoms with E-state index < -0.39 is 0 Å². The van der Waals surface area contributed by atoms with Crippen LogP contribution in [0.2, 0.25) is 0 Å². The van der Waals surface area contributed by atoms with Crippen molar-refractivity contribution >= 4 is 17.3 Å². The summed E-state index contributed by atoms with van der Waals surface area (Å²) < 4.78 is 5.28. The van der Waals surface area contributed by atoms with E-state index >= 15 is 0 Å². The molecule has 0 spiro atoms. The smallest absolute Gasteiger partial charge is 0.227 e. The second-order valence-electron chi connectivity index (χ2n) is 4.92. The second-order valence-corrected chi connectivity index (χ2v) is 4.92. The van der Waals surface area contributed by atoms with Gasteiger partial charge < -0.3 is 14.6 Å². The maximum Gasteiger partial charge on any atom is 0.227 e. The standard InChI is InChI=1S/C16H18N2O2/c19-16(9-8-13-5-3-12-20-13)18-11-4-10-17-14-6-1-2-7-15(14)18/h1-3,5-7,12,17H,4,8-11H2. The number of aryl methyl sites for hydroxylation is 1. The zero-order valence-corrected chi connectivity index (χ0v) is 11.3. The van der Waals surface area contributed by atoms with Crippen molar-refractivity contribution in [1.29, 1.82) is 0 Å². The highest BCUT2D eigenvalue weighted by Gasteiger charge is 2.20. The van der Waals surface area contributed by atoms with Gasteiger partial charge in [-0.1, -0.05) is 12.1 Å². The summed E-state index contributed by atoms with van der Waals surface area (Å²) in [6.45, 7) is 1.67. The molecule has 2 aromatic rings. The molecule has 4 heteroatoms. The first-order chi connectivity index (χ1) is 9.84. The van der Waals surface area contributed by atoms with E-state index in [1.807, 2.05) is 41.3 Å². The summed E-state index contributed by atoms with van der Waals surface area (Å²) in [6, 6.07) is 11.7. The van der Waals surface area contributed by atoms with Crippen molar-refractivity contribution in [3.63, 3.8) is 0 Å². The van der Waals surface area contributed by atoms with Crippen molar-refractivity contribution in [3.8, 4) is 0 Å². The fourth-order valence-electron chi connectivity index (χ4n) is 2.52. The Hall–Kier alpha value is -2.23. The zero-order chi connectivity index (χ0) is 13.8. The van der Waals surface area contributed by atoms with Gasteiger partial charge in [-0.05, 0) is 30.7 Å². The van der Waals surface area contributed by atoms with Crippen molar-refractivity contribution in [2.75, 3.05) is 23.3 Å². The van der Waals surface area contributed by atoms with Gasteiger partial charge in [0.05, 0.1) is 17.6 Å². The second kappa shape index (κ2) is 5.82. The number of hydrogen-bond acceptors (Lipinski definition) is 3. The fraction of sp³-hybridized carbons (Fsp3) is 0.312. The van der Waals surface area contributed by atoms with Gasteiger partial charge in [0.2, 0.25) is 5.91 Å². The number of para-hydroxylation sites is 2. The highest BCUT2D eigenvalue weighted by Crippen LogP contribution is 2.28. The Morgan fingerprint density at radius 3 is 3.00 bits per heavy atom. The third-order valence-corrected chi connectivity index (χ3v) is 3.54. The van der Waals surface area contributed by atoms with E-state index in [0.29, 0.717) is 12.8 Å². The van der Waals surface area contributed by atoms with Crippen LogP contribution >= 0.6 is 0 Å². The summed E-state index contributed by atoms with van der Waals surface area (Å²) in [7, 11) is 0. The Bertz CT molecular complexity index is 578. The third-order valence-electron chi connectivity index (χ3n) is 3.54. The number of furan rings is 1. The van der Waals surface area contributed by atoms with Crippen LogP contribution in [-0.2, 0) is 11.2 Å². The van der Waals surface area contributed by atoms with E-state index in [1.54, 1.807) is 6.26 Å². The lowest BCUT2D eigenvalue weighted by atomic mass is 10.2. The Labute approximate surface area is 118 Å². The molecule has 1 aromatic heterocycles. The van der Waals surface area contributed by atoms with E-state index in [1.165, 1.54) is 0 Å². The minimum atomic E-state index is 0.151. The van der Waals surface area contributed by atoms with Gasteiger partial charge in [-0.2, -0.15) is 0 Å². The monoisotopic (exact) mass is 270 g/mol. The topological polar surface area (TPSA) is 45.5 Å². The molecule has 0 saturated carbocycles. The average molecular weight is 270 g/mol. The molecule has 1 aliphatic heterocycles. The average Bonchev–Trinajstić information content (AvgIpc) is 2.90. The summed E-state index contributed by atoms with van der Waals surface area (Å²) in [5.41, 5.74) is 2.02. The predicted octanol–water partition coefficient (Wildman–Crippen LogP) is 3.06.